The molecule has 24 heavy (non-hydrogen) atoms. The molecule has 0 radical (unpaired) electrons. The number of benzene rings is 2. The van der Waals surface area contributed by atoms with Crippen LogP contribution >= 0.6 is 0 Å². The lowest BCUT2D eigenvalue weighted by molar-refractivity contribution is -0.140. The van der Waals surface area contributed by atoms with Crippen molar-refractivity contribution in [2.75, 3.05) is 12.8 Å². The van der Waals surface area contributed by atoms with Crippen molar-refractivity contribution in [3.05, 3.63) is 48.0 Å². The first-order chi connectivity index (χ1) is 11.3. The molecular formula is C18H21NO4S. The SMILES string of the molecule is CCC(C(=O)OC)S(=O)(=O)c1ccc(C)c(N)c1-c1ccccc1. The molecule has 0 saturated carbocycles. The van der Waals surface area contributed by atoms with Crippen LogP contribution in [0.1, 0.15) is 18.9 Å². The van der Waals surface area contributed by atoms with Crippen LogP contribution in [0.5, 0.6) is 0 Å². The number of ether oxygens (including phenoxy) is 1. The van der Waals surface area contributed by atoms with E-state index in [1.54, 1.807) is 25.1 Å². The molecule has 2 rings (SSSR count). The molecule has 2 aromatic rings. The van der Waals surface area contributed by atoms with Gasteiger partial charge in [-0.05, 0) is 30.5 Å². The summed E-state index contributed by atoms with van der Waals surface area (Å²) in [7, 11) is -2.75. The Labute approximate surface area is 142 Å². The Balaban J connectivity index is 2.76. The van der Waals surface area contributed by atoms with Crippen molar-refractivity contribution in [2.45, 2.75) is 30.4 Å². The van der Waals surface area contributed by atoms with E-state index >= 15 is 0 Å². The molecule has 0 amide bonds. The van der Waals surface area contributed by atoms with E-state index in [0.717, 1.165) is 5.56 Å². The summed E-state index contributed by atoms with van der Waals surface area (Å²) in [5.74, 6) is -0.768. The average Bonchev–Trinajstić information content (AvgIpc) is 2.57. The maximum atomic E-state index is 13.1. The molecule has 1 unspecified atom stereocenters. The molecule has 6 heteroatoms. The summed E-state index contributed by atoms with van der Waals surface area (Å²) in [6.45, 7) is 3.45. The lowest BCUT2D eigenvalue weighted by Crippen LogP contribution is -2.31. The molecule has 5 nitrogen and oxygen atoms in total. The number of rotatable bonds is 5. The van der Waals surface area contributed by atoms with Crippen molar-refractivity contribution in [3.8, 4) is 11.1 Å². The van der Waals surface area contributed by atoms with E-state index in [2.05, 4.69) is 4.74 Å². The van der Waals surface area contributed by atoms with Gasteiger partial charge < -0.3 is 10.5 Å². The number of sulfone groups is 1. The average molecular weight is 347 g/mol. The highest BCUT2D eigenvalue weighted by molar-refractivity contribution is 7.93. The topological polar surface area (TPSA) is 86.5 Å². The predicted molar refractivity (Wildman–Crippen MR) is 94.3 cm³/mol. The first-order valence-electron chi connectivity index (χ1n) is 7.60. The fourth-order valence-electron chi connectivity index (χ4n) is 2.64. The van der Waals surface area contributed by atoms with Crippen LogP contribution in [0.15, 0.2) is 47.4 Å². The van der Waals surface area contributed by atoms with Gasteiger partial charge >= 0.3 is 5.97 Å². The molecule has 1 atom stereocenters. The quantitative estimate of drug-likeness (QED) is 0.664. The molecule has 0 fully saturated rings. The molecule has 128 valence electrons. The molecule has 0 aliphatic carbocycles. The van der Waals surface area contributed by atoms with Crippen LogP contribution in [-0.2, 0) is 19.4 Å². The van der Waals surface area contributed by atoms with Gasteiger partial charge in [0.15, 0.2) is 15.1 Å². The molecular weight excluding hydrogens is 326 g/mol. The minimum atomic E-state index is -3.94. The van der Waals surface area contributed by atoms with Gasteiger partial charge in [0.25, 0.3) is 0 Å². The van der Waals surface area contributed by atoms with E-state index in [4.69, 9.17) is 5.73 Å². The number of nitrogens with two attached hydrogens (primary N) is 1. The van der Waals surface area contributed by atoms with Gasteiger partial charge in [-0.1, -0.05) is 43.3 Å². The fourth-order valence-corrected chi connectivity index (χ4v) is 4.51. The van der Waals surface area contributed by atoms with Gasteiger partial charge in [-0.25, -0.2) is 8.42 Å². The Morgan fingerprint density at radius 3 is 2.33 bits per heavy atom. The third-order valence-electron chi connectivity index (χ3n) is 4.00. The van der Waals surface area contributed by atoms with E-state index < -0.39 is 21.1 Å². The monoisotopic (exact) mass is 347 g/mol. The first kappa shape index (κ1) is 18.0. The van der Waals surface area contributed by atoms with E-state index in [1.165, 1.54) is 13.2 Å². The summed E-state index contributed by atoms with van der Waals surface area (Å²) >= 11 is 0. The highest BCUT2D eigenvalue weighted by Gasteiger charge is 2.35. The standard InChI is InChI=1S/C18H21NO4S/c1-4-14(18(20)23-3)24(21,22)15-11-10-12(2)17(19)16(15)13-8-6-5-7-9-13/h5-11,14H,4,19H2,1-3H3. The van der Waals surface area contributed by atoms with Gasteiger partial charge in [-0.2, -0.15) is 0 Å². The van der Waals surface area contributed by atoms with Crippen molar-refractivity contribution < 1.29 is 17.9 Å². The molecule has 0 heterocycles. The number of nitrogen functional groups attached to an aromatic ring is 1. The van der Waals surface area contributed by atoms with Crippen molar-refractivity contribution >= 4 is 21.5 Å². The number of hydrogen-bond acceptors (Lipinski definition) is 5. The minimum absolute atomic E-state index is 0.0500. The Hall–Kier alpha value is -2.34. The summed E-state index contributed by atoms with van der Waals surface area (Å²) in [6.07, 6.45) is 0.122. The largest absolute Gasteiger partial charge is 0.468 e. The molecule has 0 bridgehead atoms. The Morgan fingerprint density at radius 2 is 1.79 bits per heavy atom. The Kier molecular flexibility index (Phi) is 5.29. The van der Waals surface area contributed by atoms with Crippen LogP contribution in [0.3, 0.4) is 0 Å². The predicted octanol–water partition coefficient (Wildman–Crippen LogP) is 2.97. The Bertz CT molecular complexity index is 845. The zero-order valence-corrected chi connectivity index (χ0v) is 14.8. The van der Waals surface area contributed by atoms with Gasteiger partial charge in [0.05, 0.1) is 12.0 Å². The van der Waals surface area contributed by atoms with Crippen LogP contribution in [0.4, 0.5) is 5.69 Å². The number of esters is 1. The fraction of sp³-hybridized carbons (Fsp3) is 0.278. The third-order valence-corrected chi connectivity index (χ3v) is 6.23. The van der Waals surface area contributed by atoms with Crippen LogP contribution < -0.4 is 5.73 Å². The number of methoxy groups -OCH3 is 1. The highest BCUT2D eigenvalue weighted by atomic mass is 32.2. The van der Waals surface area contributed by atoms with Gasteiger partial charge in [-0.3, -0.25) is 4.79 Å². The molecule has 0 spiro atoms. The zero-order valence-electron chi connectivity index (χ0n) is 13.9. The van der Waals surface area contributed by atoms with E-state index in [-0.39, 0.29) is 11.3 Å². The molecule has 0 aliphatic heterocycles. The van der Waals surface area contributed by atoms with Crippen LogP contribution in [0, 0.1) is 6.92 Å². The zero-order chi connectivity index (χ0) is 17.9. The number of anilines is 1. The van der Waals surface area contributed by atoms with Crippen molar-refractivity contribution in [3.63, 3.8) is 0 Å². The maximum Gasteiger partial charge on any atom is 0.324 e. The van der Waals surface area contributed by atoms with E-state index in [0.29, 0.717) is 16.8 Å². The van der Waals surface area contributed by atoms with Crippen molar-refractivity contribution in [2.24, 2.45) is 0 Å². The smallest absolute Gasteiger partial charge is 0.324 e. The summed E-state index contributed by atoms with van der Waals surface area (Å²) in [5, 5.41) is -1.26. The van der Waals surface area contributed by atoms with Crippen LogP contribution in [-0.4, -0.2) is 26.7 Å². The first-order valence-corrected chi connectivity index (χ1v) is 9.15. The summed E-state index contributed by atoms with van der Waals surface area (Å²) in [6, 6.07) is 12.2. The lowest BCUT2D eigenvalue weighted by Gasteiger charge is -2.19. The van der Waals surface area contributed by atoms with Gasteiger partial charge in [-0.15, -0.1) is 0 Å². The molecule has 0 aromatic heterocycles. The van der Waals surface area contributed by atoms with E-state index in [9.17, 15) is 13.2 Å². The second kappa shape index (κ2) is 7.05. The second-order valence-electron chi connectivity index (χ2n) is 5.50. The normalized spacial score (nSPS) is 12.6. The minimum Gasteiger partial charge on any atom is -0.468 e. The maximum absolute atomic E-state index is 13.1. The number of aryl methyl sites for hydroxylation is 1. The number of carbonyl (C=O) groups is 1. The van der Waals surface area contributed by atoms with Crippen molar-refractivity contribution in [1.82, 2.24) is 0 Å². The molecule has 2 N–H and O–H groups in total. The lowest BCUT2D eigenvalue weighted by atomic mass is 10.0. The summed E-state index contributed by atoms with van der Waals surface area (Å²) in [4.78, 5) is 12.0. The van der Waals surface area contributed by atoms with Crippen molar-refractivity contribution in [1.29, 1.82) is 0 Å². The van der Waals surface area contributed by atoms with Crippen LogP contribution in [0.25, 0.3) is 11.1 Å². The van der Waals surface area contributed by atoms with E-state index in [1.807, 2.05) is 25.1 Å². The third kappa shape index (κ3) is 3.14. The Morgan fingerprint density at radius 1 is 1.17 bits per heavy atom. The van der Waals surface area contributed by atoms with Gasteiger partial charge in [0.1, 0.15) is 0 Å². The highest BCUT2D eigenvalue weighted by Crippen LogP contribution is 2.37. The molecule has 0 saturated heterocycles. The molecule has 2 aromatic carbocycles. The second-order valence-corrected chi connectivity index (χ2v) is 7.60. The van der Waals surface area contributed by atoms with Gasteiger partial charge in [0, 0.05) is 11.3 Å². The number of carbonyl (C=O) groups excluding carboxylic acids is 1. The summed E-state index contributed by atoms with van der Waals surface area (Å²) in [5.41, 5.74) is 8.47. The number of hydrogen-bond donors (Lipinski definition) is 1. The van der Waals surface area contributed by atoms with Crippen LogP contribution in [0.2, 0.25) is 0 Å². The van der Waals surface area contributed by atoms with Gasteiger partial charge in [0.2, 0.25) is 0 Å². The molecule has 0 aliphatic rings. The summed E-state index contributed by atoms with van der Waals surface area (Å²) < 4.78 is 30.8.